The number of alkyl halides is 3. The number of unbranched alkanes of at least 4 members (excludes halogenated alkanes) is 3. The van der Waals surface area contributed by atoms with Crippen molar-refractivity contribution < 1.29 is 52.0 Å². The molecule has 1 aliphatic heterocycles. The summed E-state index contributed by atoms with van der Waals surface area (Å²) in [5, 5.41) is 24.3. The van der Waals surface area contributed by atoms with Gasteiger partial charge in [-0.1, -0.05) is 62.3 Å². The number of halogens is 3. The summed E-state index contributed by atoms with van der Waals surface area (Å²) in [6, 6.07) is 18.4. The number of isothiocyanates is 1. The zero-order chi connectivity index (χ0) is 39.9. The summed E-state index contributed by atoms with van der Waals surface area (Å²) in [5.41, 5.74) is 2.98. The normalized spacial score (nSPS) is 11.6. The number of thiocarbonyl (C=S) groups is 1. The molecule has 1 aliphatic rings. The molecule has 1 N–H and O–H groups in total. The van der Waals surface area contributed by atoms with Crippen LogP contribution in [0.3, 0.4) is 0 Å². The molecule has 0 atom stereocenters. The second kappa shape index (κ2) is 21.7. The molecule has 6 aromatic heterocycles. The molecule has 0 saturated carbocycles. The number of aromatic carboxylic acids is 1. The number of aromatic nitrogens is 6. The Hall–Kier alpha value is -5.47. The molecule has 17 heteroatoms. The first-order chi connectivity index (χ1) is 27.1. The average molecular weight is 899 g/mol. The van der Waals surface area contributed by atoms with Gasteiger partial charge in [-0.25, -0.2) is 9.78 Å². The molecule has 0 saturated heterocycles. The fraction of sp³-hybridized carbons (Fsp3) is 0.225. The number of ether oxygens (including phenoxy) is 2. The van der Waals surface area contributed by atoms with Crippen LogP contribution < -0.4 is 14.6 Å². The molecule has 0 unspecified atom stereocenters. The minimum atomic E-state index is -4.53. The number of carboxylic acid groups (broad SMARTS) is 1. The summed E-state index contributed by atoms with van der Waals surface area (Å²) in [7, 11) is 0. The van der Waals surface area contributed by atoms with Crippen LogP contribution in [0, 0.1) is 0 Å². The van der Waals surface area contributed by atoms with Crippen LogP contribution >= 0.6 is 23.6 Å². The van der Waals surface area contributed by atoms with Crippen molar-refractivity contribution in [1.29, 1.82) is 0 Å². The Morgan fingerprint density at radius 3 is 2.26 bits per heavy atom. The van der Waals surface area contributed by atoms with Crippen molar-refractivity contribution in [2.45, 2.75) is 45.2 Å². The Kier molecular flexibility index (Phi) is 16.9. The number of rotatable bonds is 11. The van der Waals surface area contributed by atoms with Crippen LogP contribution in [0.15, 0.2) is 85.3 Å². The summed E-state index contributed by atoms with van der Waals surface area (Å²) in [6.07, 6.45) is 9.69. The SMILES string of the molecule is CCCCCCc1sc(/C=C/c2ccnc(-c3cc(C(F)(F)F)n[n-]3)c2)c2c1OCCO2.O=C(O)c1ccnc(-c2cccc(-c3ccccn3)n2)c1.[N-]=C=S.[Ru+2]. The van der Waals surface area contributed by atoms with Crippen LogP contribution in [0.5, 0.6) is 11.5 Å². The number of aryl methyl sites for hydroxylation is 1. The van der Waals surface area contributed by atoms with Crippen molar-refractivity contribution in [3.63, 3.8) is 0 Å². The molecule has 0 amide bonds. The van der Waals surface area contributed by atoms with Gasteiger partial charge in [0, 0.05) is 24.3 Å². The summed E-state index contributed by atoms with van der Waals surface area (Å²) in [6.45, 7) is 3.25. The van der Waals surface area contributed by atoms with E-state index >= 15 is 0 Å². The van der Waals surface area contributed by atoms with E-state index in [-0.39, 0.29) is 30.7 Å². The number of nitrogens with zero attached hydrogens (tertiary/aromatic N) is 7. The summed E-state index contributed by atoms with van der Waals surface area (Å²) >= 11 is 5.36. The van der Waals surface area contributed by atoms with Gasteiger partial charge in [-0.3, -0.25) is 15.0 Å². The van der Waals surface area contributed by atoms with Crippen molar-refractivity contribution in [2.75, 3.05) is 13.2 Å². The molecule has 294 valence electrons. The van der Waals surface area contributed by atoms with Crippen LogP contribution in [0.25, 0.3) is 51.7 Å². The van der Waals surface area contributed by atoms with Gasteiger partial charge in [0.05, 0.1) is 38.1 Å². The quantitative estimate of drug-likeness (QED) is 0.0572. The second-order valence-corrected chi connectivity index (χ2v) is 13.2. The molecule has 0 radical (unpaired) electrons. The minimum Gasteiger partial charge on any atom is -0.753 e. The van der Waals surface area contributed by atoms with Crippen molar-refractivity contribution >= 4 is 46.8 Å². The predicted octanol–water partition coefficient (Wildman–Crippen LogP) is 9.81. The standard InChI is InChI=1S/C23H23F3N3O2S.C16H11N3O2.CNS.Ru/c1-2-3-4-5-6-18-21-22(31-12-11-30-21)19(32-18)8-7-15-9-10-27-16(13-15)17-14-20(29-28-17)23(24,25)26;20-16(21)11-7-9-18-15(10-11)14-6-3-5-13(19-14)12-4-1-2-8-17-12;2-1-3;/h7-10,13-14H,2-6,11-12H2,1H3;1-10H,(H,20,21);;/q-1;;-1;+2/b8-7+;;;. The molecular formula is C40H34F3N7O4RuS2. The minimum absolute atomic E-state index is 0. The average Bonchev–Trinajstić information content (AvgIpc) is 3.86. The number of fused-ring (bicyclic) bond motifs is 1. The molecule has 7 heterocycles. The first kappa shape index (κ1) is 44.3. The van der Waals surface area contributed by atoms with Gasteiger partial charge in [-0.15, -0.1) is 11.3 Å². The molecule has 0 aromatic carbocycles. The summed E-state index contributed by atoms with van der Waals surface area (Å²) < 4.78 is 50.2. The summed E-state index contributed by atoms with van der Waals surface area (Å²) in [5.74, 6) is 0.632. The Bertz CT molecular complexity index is 2300. The Morgan fingerprint density at radius 1 is 0.895 bits per heavy atom. The van der Waals surface area contributed by atoms with E-state index in [0.717, 1.165) is 52.2 Å². The van der Waals surface area contributed by atoms with Gasteiger partial charge < -0.3 is 30.2 Å². The van der Waals surface area contributed by atoms with Crippen molar-refractivity contribution in [3.05, 3.63) is 117 Å². The third-order valence-corrected chi connectivity index (χ3v) is 9.18. The molecule has 0 bridgehead atoms. The van der Waals surface area contributed by atoms with E-state index in [1.807, 2.05) is 42.5 Å². The van der Waals surface area contributed by atoms with Gasteiger partial charge in [-0.05, 0) is 79.1 Å². The van der Waals surface area contributed by atoms with Gasteiger partial charge in [-0.2, -0.15) is 18.3 Å². The monoisotopic (exact) mass is 899 g/mol. The molecule has 57 heavy (non-hydrogen) atoms. The van der Waals surface area contributed by atoms with Crippen LogP contribution in [-0.4, -0.2) is 54.5 Å². The predicted molar refractivity (Wildman–Crippen MR) is 211 cm³/mol. The van der Waals surface area contributed by atoms with Crippen LogP contribution in [0.4, 0.5) is 13.2 Å². The number of thiophene rings is 1. The van der Waals surface area contributed by atoms with Gasteiger partial charge >= 0.3 is 31.6 Å². The molecule has 11 nitrogen and oxygen atoms in total. The van der Waals surface area contributed by atoms with Crippen LogP contribution in [0.2, 0.25) is 0 Å². The third-order valence-electron chi connectivity index (χ3n) is 8.00. The Balaban J connectivity index is 0.000000249. The Labute approximate surface area is 348 Å². The fourth-order valence-electron chi connectivity index (χ4n) is 5.38. The van der Waals surface area contributed by atoms with Crippen LogP contribution in [-0.2, 0) is 32.1 Å². The van der Waals surface area contributed by atoms with Gasteiger partial charge in [0.25, 0.3) is 0 Å². The number of pyridine rings is 4. The molecular weight excluding hydrogens is 865 g/mol. The fourth-order valence-corrected chi connectivity index (χ4v) is 6.52. The van der Waals surface area contributed by atoms with Crippen LogP contribution in [0.1, 0.15) is 64.0 Å². The first-order valence-electron chi connectivity index (χ1n) is 17.3. The van der Waals surface area contributed by atoms with E-state index in [4.69, 9.17) is 20.0 Å². The smallest absolute Gasteiger partial charge is 0.753 e. The maximum atomic E-state index is 12.8. The van der Waals surface area contributed by atoms with Crippen molar-refractivity contribution in [3.8, 4) is 45.7 Å². The van der Waals surface area contributed by atoms with Gasteiger partial charge in [0.15, 0.2) is 11.5 Å². The van der Waals surface area contributed by atoms with Gasteiger partial charge in [0.1, 0.15) is 18.9 Å². The van der Waals surface area contributed by atoms with E-state index in [2.05, 4.69) is 49.3 Å². The van der Waals surface area contributed by atoms with Crippen molar-refractivity contribution in [1.82, 2.24) is 30.1 Å². The Morgan fingerprint density at radius 2 is 1.58 bits per heavy atom. The third kappa shape index (κ3) is 12.5. The maximum absolute atomic E-state index is 12.8. The zero-order valence-corrected chi connectivity index (χ0v) is 33.7. The van der Waals surface area contributed by atoms with E-state index in [1.165, 1.54) is 47.6 Å². The molecule has 7 rings (SSSR count). The second-order valence-electron chi connectivity index (χ2n) is 11.9. The largest absolute Gasteiger partial charge is 2.00 e. The topological polar surface area (TPSA) is 157 Å². The van der Waals surface area contributed by atoms with E-state index < -0.39 is 17.8 Å². The number of hydrogen-bond donors (Lipinski definition) is 1. The number of carbonyl (C=O) groups is 1. The molecule has 0 aliphatic carbocycles. The number of carboxylic acids is 1. The van der Waals surface area contributed by atoms with Gasteiger partial charge in [0.2, 0.25) is 0 Å². The first-order valence-corrected chi connectivity index (χ1v) is 18.6. The molecule has 0 fully saturated rings. The summed E-state index contributed by atoms with van der Waals surface area (Å²) in [4.78, 5) is 30.2. The molecule has 0 spiro atoms. The zero-order valence-electron chi connectivity index (χ0n) is 30.3. The van der Waals surface area contributed by atoms with E-state index in [0.29, 0.717) is 30.3 Å². The molecule has 6 aromatic rings. The number of hydrogen-bond acceptors (Lipinski definition) is 10. The van der Waals surface area contributed by atoms with E-state index in [9.17, 15) is 18.0 Å². The van der Waals surface area contributed by atoms with Crippen molar-refractivity contribution in [2.24, 2.45) is 0 Å². The maximum Gasteiger partial charge on any atom is 2.00 e. The van der Waals surface area contributed by atoms with E-state index in [1.54, 1.807) is 41.9 Å².